The first-order valence-corrected chi connectivity index (χ1v) is 12.5. The minimum atomic E-state index is -3.73. The number of sulfonamides is 1. The van der Waals surface area contributed by atoms with Gasteiger partial charge in [-0.3, -0.25) is 4.79 Å². The summed E-state index contributed by atoms with van der Waals surface area (Å²) in [5.74, 6) is 0.911. The Kier molecular flexibility index (Phi) is 6.71. The topological polar surface area (TPSA) is 97.3 Å². The molecule has 0 spiro atoms. The van der Waals surface area contributed by atoms with Crippen LogP contribution in [-0.2, 0) is 25.0 Å². The molecule has 2 aromatic rings. The lowest BCUT2D eigenvalue weighted by Gasteiger charge is -2.38. The summed E-state index contributed by atoms with van der Waals surface area (Å²) in [5.41, 5.74) is 1.43. The molecule has 2 aliphatic heterocycles. The van der Waals surface area contributed by atoms with Gasteiger partial charge in [0, 0.05) is 37.8 Å². The molecule has 1 saturated heterocycles. The number of nitrogens with one attached hydrogen (secondary N) is 1. The van der Waals surface area contributed by atoms with Gasteiger partial charge in [-0.2, -0.15) is 8.42 Å². The smallest absolute Gasteiger partial charge is 0.285 e. The van der Waals surface area contributed by atoms with Crippen LogP contribution >= 0.6 is 0 Å². The van der Waals surface area contributed by atoms with Crippen LogP contribution < -0.4 is 10.1 Å². The highest BCUT2D eigenvalue weighted by Crippen LogP contribution is 2.35. The second kappa shape index (κ2) is 9.52. The zero-order chi connectivity index (χ0) is 23.5. The minimum absolute atomic E-state index is 0.00144. The summed E-state index contributed by atoms with van der Waals surface area (Å²) in [5, 5.41) is 3.06. The van der Waals surface area contributed by atoms with Crippen LogP contribution in [0.2, 0.25) is 0 Å². The number of amidine groups is 1. The number of carbonyl (C=O) groups excluding carboxylic acids is 1. The Balaban J connectivity index is 1.44. The third kappa shape index (κ3) is 4.89. The Morgan fingerprint density at radius 1 is 1.15 bits per heavy atom. The van der Waals surface area contributed by atoms with Gasteiger partial charge < -0.3 is 19.7 Å². The molecule has 4 rings (SSSR count). The molecule has 176 valence electrons. The van der Waals surface area contributed by atoms with Crippen LogP contribution in [0.25, 0.3) is 0 Å². The van der Waals surface area contributed by atoms with Gasteiger partial charge in [-0.1, -0.05) is 24.3 Å². The zero-order valence-corrected chi connectivity index (χ0v) is 19.7. The molecule has 0 aliphatic carbocycles. The lowest BCUT2D eigenvalue weighted by molar-refractivity contribution is -0.121. The van der Waals surface area contributed by atoms with E-state index < -0.39 is 10.0 Å². The number of rotatable bonds is 7. The Bertz CT molecular complexity index is 1140. The lowest BCUT2D eigenvalue weighted by atomic mass is 9.74. The van der Waals surface area contributed by atoms with E-state index in [1.54, 1.807) is 30.1 Å². The largest absolute Gasteiger partial charge is 0.494 e. The maximum atomic E-state index is 12.8. The average Bonchev–Trinajstić information content (AvgIpc) is 3.10. The molecule has 0 saturated carbocycles. The molecule has 8 nitrogen and oxygen atoms in total. The number of fused-ring (bicyclic) bond motifs is 1. The number of benzene rings is 2. The summed E-state index contributed by atoms with van der Waals surface area (Å²) in [7, 11) is -2.05. The molecule has 9 heteroatoms. The van der Waals surface area contributed by atoms with Crippen molar-refractivity contribution in [3.8, 4) is 5.75 Å². The van der Waals surface area contributed by atoms with Gasteiger partial charge in [-0.15, -0.1) is 4.40 Å². The normalized spacial score (nSPS) is 18.2. The van der Waals surface area contributed by atoms with E-state index in [0.717, 1.165) is 24.2 Å². The maximum Gasteiger partial charge on any atom is 0.285 e. The van der Waals surface area contributed by atoms with E-state index in [9.17, 15) is 13.2 Å². The summed E-state index contributed by atoms with van der Waals surface area (Å²) in [6.07, 6.45) is 1.60. The number of hydrogen-bond donors (Lipinski definition) is 1. The van der Waals surface area contributed by atoms with E-state index in [4.69, 9.17) is 9.47 Å². The molecular weight excluding hydrogens is 442 g/mol. The van der Waals surface area contributed by atoms with Crippen molar-refractivity contribution in [3.63, 3.8) is 0 Å². The van der Waals surface area contributed by atoms with Crippen molar-refractivity contribution in [1.29, 1.82) is 0 Å². The van der Waals surface area contributed by atoms with Gasteiger partial charge in [0.25, 0.3) is 10.0 Å². The van der Waals surface area contributed by atoms with Crippen molar-refractivity contribution < 1.29 is 22.7 Å². The highest BCUT2D eigenvalue weighted by Gasteiger charge is 2.35. The first-order valence-electron chi connectivity index (χ1n) is 11.1. The van der Waals surface area contributed by atoms with Crippen LogP contribution in [0.1, 0.15) is 30.9 Å². The van der Waals surface area contributed by atoms with Gasteiger partial charge in [-0.05, 0) is 49.6 Å². The molecule has 0 radical (unpaired) electrons. The third-order valence-corrected chi connectivity index (χ3v) is 7.53. The zero-order valence-electron chi connectivity index (χ0n) is 18.9. The van der Waals surface area contributed by atoms with Crippen molar-refractivity contribution in [2.45, 2.75) is 30.1 Å². The summed E-state index contributed by atoms with van der Waals surface area (Å²) >= 11 is 0. The van der Waals surface area contributed by atoms with E-state index >= 15 is 0 Å². The van der Waals surface area contributed by atoms with E-state index in [0.29, 0.717) is 31.9 Å². The Morgan fingerprint density at radius 2 is 1.85 bits per heavy atom. The maximum absolute atomic E-state index is 12.8. The van der Waals surface area contributed by atoms with Gasteiger partial charge in [0.2, 0.25) is 5.91 Å². The van der Waals surface area contributed by atoms with Crippen LogP contribution in [0.5, 0.6) is 5.75 Å². The predicted octanol–water partition coefficient (Wildman–Crippen LogP) is 2.33. The number of nitrogens with zero attached hydrogens (tertiary/aromatic N) is 2. The summed E-state index contributed by atoms with van der Waals surface area (Å²) in [6.45, 7) is 4.30. The molecule has 1 N–H and O–H groups in total. The average molecular weight is 472 g/mol. The molecule has 2 aromatic carbocycles. The van der Waals surface area contributed by atoms with Gasteiger partial charge in [-0.25, -0.2) is 0 Å². The van der Waals surface area contributed by atoms with Crippen LogP contribution in [-0.4, -0.2) is 65.0 Å². The van der Waals surface area contributed by atoms with Gasteiger partial charge in [0.05, 0.1) is 13.2 Å². The second-order valence-corrected chi connectivity index (χ2v) is 9.94. The van der Waals surface area contributed by atoms with Crippen LogP contribution in [0.3, 0.4) is 0 Å². The molecule has 1 fully saturated rings. The number of amides is 1. The van der Waals surface area contributed by atoms with Crippen molar-refractivity contribution >= 4 is 21.8 Å². The van der Waals surface area contributed by atoms with E-state index in [-0.39, 0.29) is 28.6 Å². The molecule has 2 heterocycles. The molecule has 1 amide bonds. The minimum Gasteiger partial charge on any atom is -0.494 e. The summed E-state index contributed by atoms with van der Waals surface area (Å²) in [6, 6.07) is 14.7. The van der Waals surface area contributed by atoms with Crippen LogP contribution in [0, 0.1) is 0 Å². The van der Waals surface area contributed by atoms with Crippen LogP contribution in [0.15, 0.2) is 57.8 Å². The highest BCUT2D eigenvalue weighted by atomic mass is 32.2. The van der Waals surface area contributed by atoms with E-state index in [1.807, 2.05) is 19.1 Å². The Morgan fingerprint density at radius 3 is 2.55 bits per heavy atom. The highest BCUT2D eigenvalue weighted by molar-refractivity contribution is 7.90. The molecule has 0 bridgehead atoms. The molecule has 0 aromatic heterocycles. The standard InChI is InChI=1S/C24H29N3O5S/c1-3-32-19-10-8-18(9-11-19)24(12-14-31-15-13-24)17-25-22(28)16-27(2)23-20-6-4-5-7-21(20)33(29,30)26-23/h4-11H,3,12-17H2,1-2H3,(H,25,28). The third-order valence-electron chi connectivity index (χ3n) is 6.21. The monoisotopic (exact) mass is 471 g/mol. The Hall–Kier alpha value is -2.91. The molecule has 0 atom stereocenters. The quantitative estimate of drug-likeness (QED) is 0.666. The number of ether oxygens (including phenoxy) is 2. The fourth-order valence-electron chi connectivity index (χ4n) is 4.38. The summed E-state index contributed by atoms with van der Waals surface area (Å²) < 4.78 is 39.7. The first-order chi connectivity index (χ1) is 15.8. The van der Waals surface area contributed by atoms with E-state index in [2.05, 4.69) is 21.8 Å². The number of hydrogen-bond acceptors (Lipinski definition) is 6. The van der Waals surface area contributed by atoms with Gasteiger partial charge in [0.1, 0.15) is 10.6 Å². The first kappa shape index (κ1) is 23.3. The van der Waals surface area contributed by atoms with E-state index in [1.165, 1.54) is 6.07 Å². The fourth-order valence-corrected chi connectivity index (χ4v) is 5.63. The van der Waals surface area contributed by atoms with Crippen molar-refractivity contribution in [2.24, 2.45) is 4.40 Å². The van der Waals surface area contributed by atoms with Gasteiger partial charge >= 0.3 is 0 Å². The molecule has 33 heavy (non-hydrogen) atoms. The SMILES string of the molecule is CCOc1ccc(C2(CNC(=O)CN(C)C3=NS(=O)(=O)c4ccccc43)CCOCC2)cc1. The Labute approximate surface area is 194 Å². The fraction of sp³-hybridized carbons (Fsp3) is 0.417. The number of carbonyl (C=O) groups is 1. The second-order valence-electron chi connectivity index (χ2n) is 8.37. The van der Waals surface area contributed by atoms with Crippen molar-refractivity contribution in [1.82, 2.24) is 10.2 Å². The van der Waals surface area contributed by atoms with Gasteiger partial charge in [0.15, 0.2) is 5.84 Å². The van der Waals surface area contributed by atoms with Crippen molar-refractivity contribution in [3.05, 3.63) is 59.7 Å². The van der Waals surface area contributed by atoms with Crippen molar-refractivity contribution in [2.75, 3.05) is 40.0 Å². The molecular formula is C24H29N3O5S. The molecule has 2 aliphatic rings. The lowest BCUT2D eigenvalue weighted by Crippen LogP contribution is -2.47. The molecule has 0 unspecified atom stereocenters. The predicted molar refractivity (Wildman–Crippen MR) is 125 cm³/mol. The number of likely N-dealkylation sites (N-methyl/N-ethyl adjacent to an activating group) is 1. The summed E-state index contributed by atoms with van der Waals surface area (Å²) in [4.78, 5) is 14.6. The van der Waals surface area contributed by atoms with Crippen LogP contribution in [0.4, 0.5) is 0 Å².